The van der Waals surface area contributed by atoms with Gasteiger partial charge in [-0.15, -0.1) is 0 Å². The van der Waals surface area contributed by atoms with Gasteiger partial charge in [0.15, 0.2) is 5.69 Å². The first-order chi connectivity index (χ1) is 10.2. The Morgan fingerprint density at radius 3 is 3.00 bits per heavy atom. The van der Waals surface area contributed by atoms with Crippen molar-refractivity contribution in [1.29, 1.82) is 0 Å². The van der Waals surface area contributed by atoms with E-state index in [1.165, 1.54) is 6.07 Å². The Hall–Kier alpha value is -2.14. The van der Waals surface area contributed by atoms with E-state index in [0.717, 1.165) is 31.3 Å². The van der Waals surface area contributed by atoms with Gasteiger partial charge >= 0.3 is 5.97 Å². The Labute approximate surface area is 122 Å². The second-order valence-corrected chi connectivity index (χ2v) is 5.13. The van der Waals surface area contributed by atoms with Gasteiger partial charge in [0.25, 0.3) is 0 Å². The maximum Gasteiger partial charge on any atom is 0.354 e. The monoisotopic (exact) mass is 287 g/mol. The molecule has 0 saturated carbocycles. The standard InChI is InChI=1S/C16H17NO4/c18-16(19)14-9-15(12-6-1-2-7-13(12)17-14)21-10-11-5-3-4-8-20-11/h1-2,6-7,9,11H,3-5,8,10H2,(H,18,19). The molecule has 2 heterocycles. The van der Waals surface area contributed by atoms with Crippen LogP contribution in [0.15, 0.2) is 30.3 Å². The Kier molecular flexibility index (Phi) is 4.01. The lowest BCUT2D eigenvalue weighted by Gasteiger charge is -2.23. The number of ether oxygens (including phenoxy) is 2. The average Bonchev–Trinajstić information content (AvgIpc) is 2.53. The molecule has 0 amide bonds. The van der Waals surface area contributed by atoms with E-state index in [0.29, 0.717) is 17.9 Å². The van der Waals surface area contributed by atoms with Crippen LogP contribution in [0.4, 0.5) is 0 Å². The lowest BCUT2D eigenvalue weighted by Crippen LogP contribution is -2.25. The third kappa shape index (κ3) is 3.13. The number of rotatable bonds is 4. The van der Waals surface area contributed by atoms with Crippen molar-refractivity contribution >= 4 is 16.9 Å². The highest BCUT2D eigenvalue weighted by Crippen LogP contribution is 2.26. The van der Waals surface area contributed by atoms with E-state index in [1.54, 1.807) is 6.07 Å². The average molecular weight is 287 g/mol. The number of carbonyl (C=O) groups is 1. The zero-order chi connectivity index (χ0) is 14.7. The minimum Gasteiger partial charge on any atom is -0.490 e. The maximum atomic E-state index is 11.2. The predicted molar refractivity (Wildman–Crippen MR) is 77.8 cm³/mol. The Bertz CT molecular complexity index is 650. The first-order valence-corrected chi connectivity index (χ1v) is 7.11. The molecule has 1 aromatic carbocycles. The van der Waals surface area contributed by atoms with E-state index in [1.807, 2.05) is 18.2 Å². The van der Waals surface area contributed by atoms with Gasteiger partial charge in [-0.1, -0.05) is 12.1 Å². The van der Waals surface area contributed by atoms with Gasteiger partial charge in [-0.2, -0.15) is 0 Å². The van der Waals surface area contributed by atoms with Crippen molar-refractivity contribution < 1.29 is 19.4 Å². The van der Waals surface area contributed by atoms with Gasteiger partial charge in [-0.05, 0) is 31.4 Å². The number of aromatic nitrogens is 1. The van der Waals surface area contributed by atoms with Crippen molar-refractivity contribution in [3.05, 3.63) is 36.0 Å². The fourth-order valence-electron chi connectivity index (χ4n) is 2.49. The van der Waals surface area contributed by atoms with Crippen LogP contribution in [0.3, 0.4) is 0 Å². The molecule has 0 radical (unpaired) electrons. The molecule has 1 aliphatic rings. The fourth-order valence-corrected chi connectivity index (χ4v) is 2.49. The second-order valence-electron chi connectivity index (χ2n) is 5.13. The van der Waals surface area contributed by atoms with Crippen molar-refractivity contribution in [2.24, 2.45) is 0 Å². The molecule has 1 N–H and O–H groups in total. The normalized spacial score (nSPS) is 18.6. The minimum absolute atomic E-state index is 0.00624. The maximum absolute atomic E-state index is 11.2. The van der Waals surface area contributed by atoms with Gasteiger partial charge in [0.05, 0.1) is 11.6 Å². The first-order valence-electron chi connectivity index (χ1n) is 7.11. The number of pyridine rings is 1. The van der Waals surface area contributed by atoms with E-state index in [4.69, 9.17) is 14.6 Å². The van der Waals surface area contributed by atoms with Crippen LogP contribution in [0.2, 0.25) is 0 Å². The molecule has 0 aliphatic carbocycles. The summed E-state index contributed by atoms with van der Waals surface area (Å²) >= 11 is 0. The smallest absolute Gasteiger partial charge is 0.354 e. The molecule has 3 rings (SSSR count). The summed E-state index contributed by atoms with van der Waals surface area (Å²) in [4.78, 5) is 15.3. The number of para-hydroxylation sites is 1. The molecule has 0 spiro atoms. The lowest BCUT2D eigenvalue weighted by atomic mass is 10.1. The molecule has 1 aromatic heterocycles. The topological polar surface area (TPSA) is 68.7 Å². The highest BCUT2D eigenvalue weighted by molar-refractivity contribution is 5.93. The van der Waals surface area contributed by atoms with Crippen LogP contribution in [-0.2, 0) is 4.74 Å². The Morgan fingerprint density at radius 1 is 1.38 bits per heavy atom. The Morgan fingerprint density at radius 2 is 2.24 bits per heavy atom. The molecule has 2 aromatic rings. The summed E-state index contributed by atoms with van der Waals surface area (Å²) < 4.78 is 11.5. The van der Waals surface area contributed by atoms with Crippen molar-refractivity contribution in [2.75, 3.05) is 13.2 Å². The summed E-state index contributed by atoms with van der Waals surface area (Å²) in [6.45, 7) is 1.21. The van der Waals surface area contributed by atoms with Crippen molar-refractivity contribution in [2.45, 2.75) is 25.4 Å². The number of carboxylic acid groups (broad SMARTS) is 1. The first kappa shape index (κ1) is 13.8. The summed E-state index contributed by atoms with van der Waals surface area (Å²) in [5.74, 6) is -0.508. The summed E-state index contributed by atoms with van der Waals surface area (Å²) in [5, 5.41) is 9.96. The minimum atomic E-state index is -1.06. The summed E-state index contributed by atoms with van der Waals surface area (Å²) in [6, 6.07) is 8.85. The molecule has 21 heavy (non-hydrogen) atoms. The quantitative estimate of drug-likeness (QED) is 0.936. The summed E-state index contributed by atoms with van der Waals surface area (Å²) in [5.41, 5.74) is 0.616. The fraction of sp³-hybridized carbons (Fsp3) is 0.375. The zero-order valence-corrected chi connectivity index (χ0v) is 11.6. The third-order valence-electron chi connectivity index (χ3n) is 3.60. The number of carboxylic acids is 1. The number of aromatic carboxylic acids is 1. The van der Waals surface area contributed by atoms with Crippen LogP contribution in [0.1, 0.15) is 29.8 Å². The third-order valence-corrected chi connectivity index (χ3v) is 3.60. The summed E-state index contributed by atoms with van der Waals surface area (Å²) in [6.07, 6.45) is 3.30. The van der Waals surface area contributed by atoms with E-state index in [9.17, 15) is 4.79 Å². The molecule has 110 valence electrons. The lowest BCUT2D eigenvalue weighted by molar-refractivity contribution is -0.0107. The van der Waals surface area contributed by atoms with Crippen molar-refractivity contribution in [3.8, 4) is 5.75 Å². The molecule has 1 saturated heterocycles. The van der Waals surface area contributed by atoms with Gasteiger partial charge in [0.2, 0.25) is 0 Å². The molecular formula is C16H17NO4. The van der Waals surface area contributed by atoms with E-state index >= 15 is 0 Å². The molecule has 1 atom stereocenters. The van der Waals surface area contributed by atoms with E-state index in [2.05, 4.69) is 4.98 Å². The number of benzene rings is 1. The van der Waals surface area contributed by atoms with Crippen LogP contribution in [0.5, 0.6) is 5.75 Å². The molecule has 1 aliphatic heterocycles. The number of fused-ring (bicyclic) bond motifs is 1. The van der Waals surface area contributed by atoms with Crippen LogP contribution in [0.25, 0.3) is 10.9 Å². The molecule has 5 heteroatoms. The van der Waals surface area contributed by atoms with Crippen LogP contribution < -0.4 is 4.74 Å². The number of hydrogen-bond donors (Lipinski definition) is 1. The molecule has 0 bridgehead atoms. The molecule has 1 fully saturated rings. The van der Waals surface area contributed by atoms with E-state index < -0.39 is 5.97 Å². The number of nitrogens with zero attached hydrogens (tertiary/aromatic N) is 1. The number of hydrogen-bond acceptors (Lipinski definition) is 4. The van der Waals surface area contributed by atoms with Crippen molar-refractivity contribution in [1.82, 2.24) is 4.98 Å². The van der Waals surface area contributed by atoms with Gasteiger partial charge in [0, 0.05) is 18.1 Å². The molecular weight excluding hydrogens is 270 g/mol. The van der Waals surface area contributed by atoms with Gasteiger partial charge < -0.3 is 14.6 Å². The van der Waals surface area contributed by atoms with Crippen LogP contribution >= 0.6 is 0 Å². The highest BCUT2D eigenvalue weighted by Gasteiger charge is 2.16. The van der Waals surface area contributed by atoms with Crippen LogP contribution in [0, 0.1) is 0 Å². The summed E-state index contributed by atoms with van der Waals surface area (Å²) in [7, 11) is 0. The molecule has 1 unspecified atom stereocenters. The van der Waals surface area contributed by atoms with Crippen molar-refractivity contribution in [3.63, 3.8) is 0 Å². The highest BCUT2D eigenvalue weighted by atomic mass is 16.5. The predicted octanol–water partition coefficient (Wildman–Crippen LogP) is 2.88. The van der Waals surface area contributed by atoms with Gasteiger partial charge in [0.1, 0.15) is 12.4 Å². The van der Waals surface area contributed by atoms with Crippen LogP contribution in [-0.4, -0.2) is 35.4 Å². The molecule has 5 nitrogen and oxygen atoms in total. The van der Waals surface area contributed by atoms with Gasteiger partial charge in [-0.3, -0.25) is 0 Å². The second kappa shape index (κ2) is 6.10. The SMILES string of the molecule is O=C(O)c1cc(OCC2CCCCO2)c2ccccc2n1. The zero-order valence-electron chi connectivity index (χ0n) is 11.6. The van der Waals surface area contributed by atoms with Gasteiger partial charge in [-0.25, -0.2) is 9.78 Å². The van der Waals surface area contributed by atoms with E-state index in [-0.39, 0.29) is 11.8 Å². The largest absolute Gasteiger partial charge is 0.490 e. The Balaban J connectivity index is 1.86.